The normalized spacial score (nSPS) is 7.57. The molecule has 0 saturated carbocycles. The minimum atomic E-state index is 0. The minimum Gasteiger partial charge on any atom is -0.213 e. The van der Waals surface area contributed by atoms with E-state index in [0.29, 0.717) is 0 Å². The first kappa shape index (κ1) is 7.60. The van der Waals surface area contributed by atoms with Gasteiger partial charge in [-0.1, -0.05) is 6.92 Å². The summed E-state index contributed by atoms with van der Waals surface area (Å²) in [6.45, 7) is 2.08. The Kier molecular flexibility index (Phi) is 3.89. The van der Waals surface area contributed by atoms with Crippen LogP contribution in [0.5, 0.6) is 0 Å². The molecule has 0 aromatic heterocycles. The van der Waals surface area contributed by atoms with E-state index in [1.807, 2.05) is 12.1 Å². The number of hydrogen-bond donors (Lipinski definition) is 0. The van der Waals surface area contributed by atoms with Crippen molar-refractivity contribution >= 4 is 0 Å². The van der Waals surface area contributed by atoms with Crippen molar-refractivity contribution in [3.05, 3.63) is 29.8 Å². The third kappa shape index (κ3) is 2.42. The molecule has 0 nitrogen and oxygen atoms in total. The van der Waals surface area contributed by atoms with E-state index < -0.39 is 0 Å². The van der Waals surface area contributed by atoms with E-state index in [2.05, 4.69) is 19.1 Å². The zero-order chi connectivity index (χ0) is 4.41. The summed E-state index contributed by atoms with van der Waals surface area (Å²) in [5.41, 5.74) is 1.34. The Labute approximate surface area is 73.5 Å². The van der Waals surface area contributed by atoms with Crippen molar-refractivity contribution in [1.29, 1.82) is 0 Å². The van der Waals surface area contributed by atoms with Crippen molar-refractivity contribution in [1.82, 2.24) is 0 Å². The van der Waals surface area contributed by atoms with Crippen molar-refractivity contribution in [2.45, 2.75) is 6.92 Å². The first-order valence-corrected chi connectivity index (χ1v) is 2.08. The molecular formula is C6H7Er-. The maximum Gasteiger partial charge on any atom is 0 e. The summed E-state index contributed by atoms with van der Waals surface area (Å²) < 4.78 is 0. The third-order valence-electron chi connectivity index (χ3n) is 0.829. The van der Waals surface area contributed by atoms with Crippen molar-refractivity contribution in [2.75, 3.05) is 0 Å². The second-order valence-corrected chi connectivity index (χ2v) is 1.46. The smallest absolute Gasteiger partial charge is 0 e. The van der Waals surface area contributed by atoms with Crippen molar-refractivity contribution in [3.8, 4) is 0 Å². The number of aryl methyl sites for hydroxylation is 1. The zero-order valence-corrected chi connectivity index (χ0v) is 5.95. The van der Waals surface area contributed by atoms with Crippen LogP contribution in [0, 0.1) is 44.2 Å². The molecule has 1 heteroatoms. The van der Waals surface area contributed by atoms with Gasteiger partial charge in [0.05, 0.1) is 0 Å². The zero-order valence-electron chi connectivity index (χ0n) is 4.10. The SMILES string of the molecule is C[c-]1cccc1.[Er]. The van der Waals surface area contributed by atoms with Gasteiger partial charge in [0.15, 0.2) is 0 Å². The van der Waals surface area contributed by atoms with Gasteiger partial charge in [-0.15, -0.1) is 0 Å². The molecule has 0 N–H and O–H groups in total. The van der Waals surface area contributed by atoms with Gasteiger partial charge in [0.1, 0.15) is 0 Å². The van der Waals surface area contributed by atoms with E-state index in [1.54, 1.807) is 0 Å². The van der Waals surface area contributed by atoms with Crippen LogP contribution >= 0.6 is 0 Å². The molecule has 0 heterocycles. The Hall–Kier alpha value is 0.597. The molecule has 7 heavy (non-hydrogen) atoms. The van der Waals surface area contributed by atoms with Gasteiger partial charge in [0.2, 0.25) is 0 Å². The van der Waals surface area contributed by atoms with Crippen LogP contribution in [-0.4, -0.2) is 0 Å². The molecule has 0 spiro atoms. The monoisotopic (exact) mass is 245 g/mol. The van der Waals surface area contributed by atoms with Gasteiger partial charge in [-0.05, 0) is 0 Å². The van der Waals surface area contributed by atoms with Crippen LogP contribution in [0.2, 0.25) is 0 Å². The van der Waals surface area contributed by atoms with E-state index in [1.165, 1.54) is 5.56 Å². The van der Waals surface area contributed by atoms with E-state index in [4.69, 9.17) is 0 Å². The summed E-state index contributed by atoms with van der Waals surface area (Å²) >= 11 is 0. The van der Waals surface area contributed by atoms with E-state index in [9.17, 15) is 0 Å². The number of hydrogen-bond acceptors (Lipinski definition) is 0. The van der Waals surface area contributed by atoms with Gasteiger partial charge in [0.25, 0.3) is 0 Å². The summed E-state index contributed by atoms with van der Waals surface area (Å²) in [7, 11) is 0. The van der Waals surface area contributed by atoms with Crippen LogP contribution < -0.4 is 0 Å². The Bertz CT molecular complexity index is 108. The van der Waals surface area contributed by atoms with Crippen LogP contribution in [0.1, 0.15) is 5.56 Å². The van der Waals surface area contributed by atoms with Gasteiger partial charge in [-0.2, -0.15) is 17.7 Å². The molecule has 1 rings (SSSR count). The molecule has 0 bridgehead atoms. The predicted octanol–water partition coefficient (Wildman–Crippen LogP) is 1.71. The molecule has 0 saturated heterocycles. The van der Waals surface area contributed by atoms with Crippen LogP contribution in [0.15, 0.2) is 24.3 Å². The second-order valence-electron chi connectivity index (χ2n) is 1.46. The average Bonchev–Trinajstić information content (AvgIpc) is 1.86. The maximum atomic E-state index is 2.08. The van der Waals surface area contributed by atoms with Gasteiger partial charge in [0, 0.05) is 37.3 Å². The van der Waals surface area contributed by atoms with Gasteiger partial charge in [-0.25, -0.2) is 12.1 Å². The third-order valence-corrected chi connectivity index (χ3v) is 0.829. The van der Waals surface area contributed by atoms with Crippen molar-refractivity contribution in [2.24, 2.45) is 0 Å². The topological polar surface area (TPSA) is 0 Å². The summed E-state index contributed by atoms with van der Waals surface area (Å²) in [5, 5.41) is 0. The Morgan fingerprint density at radius 3 is 1.71 bits per heavy atom. The summed E-state index contributed by atoms with van der Waals surface area (Å²) in [5.74, 6) is 0. The molecule has 0 aliphatic carbocycles. The molecule has 0 aliphatic heterocycles. The molecule has 0 fully saturated rings. The van der Waals surface area contributed by atoms with Crippen LogP contribution in [0.25, 0.3) is 0 Å². The van der Waals surface area contributed by atoms with Gasteiger partial charge < -0.3 is 0 Å². The molecule has 0 radical (unpaired) electrons. The molecule has 44 valence electrons. The predicted molar refractivity (Wildman–Crippen MR) is 26.8 cm³/mol. The Balaban J connectivity index is 0.000000360. The maximum absolute atomic E-state index is 2.08. The number of rotatable bonds is 0. The molecule has 0 amide bonds. The minimum absolute atomic E-state index is 0. The molecule has 0 aliphatic rings. The first-order chi connectivity index (χ1) is 2.89. The standard InChI is InChI=1S/C6H7.Er/c1-6-4-2-3-5-6;/h2-5H,1H3;/q-1;. The average molecular weight is 246 g/mol. The summed E-state index contributed by atoms with van der Waals surface area (Å²) in [6.07, 6.45) is 0. The summed E-state index contributed by atoms with van der Waals surface area (Å²) in [6, 6.07) is 8.24. The molecule has 0 atom stereocenters. The van der Waals surface area contributed by atoms with E-state index in [-0.39, 0.29) is 37.3 Å². The molecule has 1 aromatic rings. The largest absolute Gasteiger partial charge is 0.213 e. The van der Waals surface area contributed by atoms with E-state index >= 15 is 0 Å². The van der Waals surface area contributed by atoms with Gasteiger partial charge in [-0.3, -0.25) is 0 Å². The van der Waals surface area contributed by atoms with Crippen LogP contribution in [-0.2, 0) is 0 Å². The Morgan fingerprint density at radius 2 is 1.57 bits per heavy atom. The van der Waals surface area contributed by atoms with Crippen molar-refractivity contribution in [3.63, 3.8) is 0 Å². The van der Waals surface area contributed by atoms with E-state index in [0.717, 1.165) is 0 Å². The molecule has 0 unspecified atom stereocenters. The quantitative estimate of drug-likeness (QED) is 0.611. The molecule has 1 aromatic carbocycles. The fraction of sp³-hybridized carbons (Fsp3) is 0.167. The summed E-state index contributed by atoms with van der Waals surface area (Å²) in [4.78, 5) is 0. The van der Waals surface area contributed by atoms with Crippen LogP contribution in [0.4, 0.5) is 0 Å². The van der Waals surface area contributed by atoms with Crippen LogP contribution in [0.3, 0.4) is 0 Å². The fourth-order valence-electron chi connectivity index (χ4n) is 0.470. The van der Waals surface area contributed by atoms with Crippen molar-refractivity contribution < 1.29 is 37.3 Å². The molecular weight excluding hydrogens is 239 g/mol. The first-order valence-electron chi connectivity index (χ1n) is 2.08. The second kappa shape index (κ2) is 3.58. The van der Waals surface area contributed by atoms with Gasteiger partial charge >= 0.3 is 0 Å². The Morgan fingerprint density at radius 1 is 1.14 bits per heavy atom. The fourth-order valence-corrected chi connectivity index (χ4v) is 0.470.